The number of hydrogen-bond acceptors (Lipinski definition) is 8. The van der Waals surface area contributed by atoms with Crippen LogP contribution in [-0.4, -0.2) is 82.9 Å². The van der Waals surface area contributed by atoms with Crippen LogP contribution in [-0.2, 0) is 19.1 Å². The molecule has 1 unspecified atom stereocenters. The van der Waals surface area contributed by atoms with Crippen LogP contribution < -0.4 is 4.90 Å². The molecule has 0 N–H and O–H groups in total. The molecule has 2 amide bonds. The first-order valence-corrected chi connectivity index (χ1v) is 11.7. The van der Waals surface area contributed by atoms with Crippen LogP contribution in [0.2, 0.25) is 0 Å². The topological polar surface area (TPSA) is 95.9 Å². The van der Waals surface area contributed by atoms with Crippen molar-refractivity contribution in [1.29, 1.82) is 0 Å². The molecule has 1 aliphatic carbocycles. The van der Waals surface area contributed by atoms with Crippen molar-refractivity contribution in [3.05, 3.63) is 18.5 Å². The summed E-state index contributed by atoms with van der Waals surface area (Å²) in [5, 5.41) is 0. The highest BCUT2D eigenvalue weighted by atomic mass is 16.5. The molecule has 1 aromatic heterocycles. The summed E-state index contributed by atoms with van der Waals surface area (Å²) in [6, 6.07) is 1.82. The number of unbranched alkanes of at least 4 members (excludes halogenated alkanes) is 1. The van der Waals surface area contributed by atoms with Gasteiger partial charge in [0.25, 0.3) is 0 Å². The summed E-state index contributed by atoms with van der Waals surface area (Å²) >= 11 is 0. The summed E-state index contributed by atoms with van der Waals surface area (Å²) < 4.78 is 5.46. The Morgan fingerprint density at radius 1 is 1.06 bits per heavy atom. The molecule has 0 bridgehead atoms. The Morgan fingerprint density at radius 3 is 2.38 bits per heavy atom. The van der Waals surface area contributed by atoms with E-state index in [-0.39, 0.29) is 23.9 Å². The first-order chi connectivity index (χ1) is 15.5. The highest BCUT2D eigenvalue weighted by Gasteiger charge is 2.52. The number of rotatable bonds is 7. The zero-order chi connectivity index (χ0) is 22.6. The summed E-state index contributed by atoms with van der Waals surface area (Å²) in [6.45, 7) is 6.54. The lowest BCUT2D eigenvalue weighted by Gasteiger charge is -2.40. The Hall–Kier alpha value is -2.55. The minimum atomic E-state index is -0.488. The highest BCUT2D eigenvalue weighted by molar-refractivity contribution is 5.98. The molecule has 9 heteroatoms. The minimum absolute atomic E-state index is 0.114. The zero-order valence-electron chi connectivity index (χ0n) is 18.9. The van der Waals surface area contributed by atoms with E-state index in [4.69, 9.17) is 4.74 Å². The molecule has 0 aromatic carbocycles. The van der Waals surface area contributed by atoms with Crippen LogP contribution in [0.15, 0.2) is 18.5 Å². The number of carbonyl (C=O) groups is 3. The number of piperazine rings is 1. The van der Waals surface area contributed by atoms with E-state index >= 15 is 0 Å². The third-order valence-electron chi connectivity index (χ3n) is 7.05. The maximum atomic E-state index is 12.8. The van der Waals surface area contributed by atoms with Gasteiger partial charge in [-0.1, -0.05) is 0 Å². The van der Waals surface area contributed by atoms with Crippen LogP contribution in [0.3, 0.4) is 0 Å². The lowest BCUT2D eigenvalue weighted by molar-refractivity contribution is -0.165. The van der Waals surface area contributed by atoms with Crippen LogP contribution >= 0.6 is 0 Å². The third kappa shape index (κ3) is 5.09. The van der Waals surface area contributed by atoms with Crippen molar-refractivity contribution in [2.75, 3.05) is 44.2 Å². The van der Waals surface area contributed by atoms with E-state index in [9.17, 15) is 14.4 Å². The van der Waals surface area contributed by atoms with Crippen LogP contribution in [0.5, 0.6) is 0 Å². The number of imide groups is 1. The Bertz CT molecular complexity index is 807. The molecule has 3 fully saturated rings. The number of hydrogen-bond donors (Lipinski definition) is 0. The number of piperidine rings is 1. The molecule has 3 aliphatic rings. The van der Waals surface area contributed by atoms with Crippen LogP contribution in [0, 0.1) is 5.41 Å². The molecule has 1 spiro atoms. The number of carbonyl (C=O) groups excluding carboxylic acids is 3. The Labute approximate surface area is 189 Å². The van der Waals surface area contributed by atoms with E-state index in [2.05, 4.69) is 19.8 Å². The van der Waals surface area contributed by atoms with Crippen LogP contribution in [0.1, 0.15) is 51.9 Å². The lowest BCUT2D eigenvalue weighted by atomic mass is 9.74. The second kappa shape index (κ2) is 9.94. The molecule has 2 aliphatic heterocycles. The lowest BCUT2D eigenvalue weighted by Crippen LogP contribution is -2.51. The molecule has 174 valence electrons. The minimum Gasteiger partial charge on any atom is -0.462 e. The van der Waals surface area contributed by atoms with Gasteiger partial charge in [0.2, 0.25) is 17.8 Å². The van der Waals surface area contributed by atoms with Gasteiger partial charge in [0.15, 0.2) is 0 Å². The van der Waals surface area contributed by atoms with Gasteiger partial charge in [-0.3, -0.25) is 24.2 Å². The molecule has 1 aromatic rings. The summed E-state index contributed by atoms with van der Waals surface area (Å²) in [7, 11) is 0. The van der Waals surface area contributed by atoms with E-state index in [0.717, 1.165) is 70.8 Å². The molecule has 1 saturated carbocycles. The normalized spacial score (nSPS) is 23.7. The summed E-state index contributed by atoms with van der Waals surface area (Å²) in [4.78, 5) is 51.7. The molecular weight excluding hydrogens is 410 g/mol. The van der Waals surface area contributed by atoms with Crippen molar-refractivity contribution in [3.63, 3.8) is 0 Å². The Kier molecular flexibility index (Phi) is 7.03. The molecular formula is C23H33N5O4. The standard InChI is InChI=1S/C23H33N5O4/c1-18(29)32-19-6-4-7-23(19)16-20(30)28(21(31)17-23)11-3-2-10-26-12-14-27(15-13-26)22-24-8-5-9-25-22/h5,8-9,19H,2-4,6-7,10-17H2,1H3. The van der Waals surface area contributed by atoms with Gasteiger partial charge < -0.3 is 9.64 Å². The average Bonchev–Trinajstić information content (AvgIpc) is 3.14. The monoisotopic (exact) mass is 443 g/mol. The largest absolute Gasteiger partial charge is 0.462 e. The van der Waals surface area contributed by atoms with Gasteiger partial charge in [0.05, 0.1) is 0 Å². The van der Waals surface area contributed by atoms with Crippen molar-refractivity contribution in [1.82, 2.24) is 19.8 Å². The van der Waals surface area contributed by atoms with Gasteiger partial charge in [-0.05, 0) is 44.7 Å². The second-order valence-electron chi connectivity index (χ2n) is 9.23. The van der Waals surface area contributed by atoms with Crippen molar-refractivity contribution >= 4 is 23.7 Å². The maximum absolute atomic E-state index is 12.8. The number of nitrogens with zero attached hydrogens (tertiary/aromatic N) is 5. The first kappa shape index (κ1) is 22.6. The average molecular weight is 444 g/mol. The highest BCUT2D eigenvalue weighted by Crippen LogP contribution is 2.48. The fraction of sp³-hybridized carbons (Fsp3) is 0.696. The Balaban J connectivity index is 1.19. The molecule has 9 nitrogen and oxygen atoms in total. The predicted octanol–water partition coefficient (Wildman–Crippen LogP) is 1.63. The molecule has 3 heterocycles. The number of amides is 2. The van der Waals surface area contributed by atoms with Crippen molar-refractivity contribution in [3.8, 4) is 0 Å². The van der Waals surface area contributed by atoms with E-state index in [1.807, 2.05) is 6.07 Å². The van der Waals surface area contributed by atoms with Gasteiger partial charge >= 0.3 is 5.97 Å². The summed E-state index contributed by atoms with van der Waals surface area (Å²) in [6.07, 6.45) is 7.99. The fourth-order valence-electron chi connectivity index (χ4n) is 5.37. The first-order valence-electron chi connectivity index (χ1n) is 11.7. The van der Waals surface area contributed by atoms with E-state index < -0.39 is 5.41 Å². The van der Waals surface area contributed by atoms with Crippen LogP contribution in [0.25, 0.3) is 0 Å². The molecule has 1 atom stereocenters. The van der Waals surface area contributed by atoms with E-state index in [1.54, 1.807) is 12.4 Å². The summed E-state index contributed by atoms with van der Waals surface area (Å²) in [5.41, 5.74) is -0.488. The van der Waals surface area contributed by atoms with Gasteiger partial charge in [0.1, 0.15) is 6.10 Å². The van der Waals surface area contributed by atoms with Gasteiger partial charge in [0, 0.05) is 70.3 Å². The quantitative estimate of drug-likeness (QED) is 0.356. The van der Waals surface area contributed by atoms with Crippen molar-refractivity contribution in [2.45, 2.75) is 58.0 Å². The molecule has 32 heavy (non-hydrogen) atoms. The molecule has 2 saturated heterocycles. The predicted molar refractivity (Wildman–Crippen MR) is 118 cm³/mol. The second-order valence-corrected chi connectivity index (χ2v) is 9.23. The zero-order valence-corrected chi connectivity index (χ0v) is 18.9. The Morgan fingerprint density at radius 2 is 1.72 bits per heavy atom. The van der Waals surface area contributed by atoms with Gasteiger partial charge in [-0.15, -0.1) is 0 Å². The smallest absolute Gasteiger partial charge is 0.302 e. The molecule has 0 radical (unpaired) electrons. The van der Waals surface area contributed by atoms with E-state index in [0.29, 0.717) is 19.4 Å². The van der Waals surface area contributed by atoms with Crippen molar-refractivity contribution in [2.24, 2.45) is 5.41 Å². The van der Waals surface area contributed by atoms with Crippen molar-refractivity contribution < 1.29 is 19.1 Å². The number of likely N-dealkylation sites (tertiary alicyclic amines) is 1. The van der Waals surface area contributed by atoms with Gasteiger partial charge in [-0.2, -0.15) is 0 Å². The van der Waals surface area contributed by atoms with Gasteiger partial charge in [-0.25, -0.2) is 9.97 Å². The summed E-state index contributed by atoms with van der Waals surface area (Å²) in [5.74, 6) is 0.217. The SMILES string of the molecule is CC(=O)OC1CCCC12CC(=O)N(CCCCN1CCN(c3ncccn3)CC1)C(=O)C2. The maximum Gasteiger partial charge on any atom is 0.302 e. The third-order valence-corrected chi connectivity index (χ3v) is 7.05. The number of esters is 1. The number of ether oxygens (including phenoxy) is 1. The van der Waals surface area contributed by atoms with Crippen LogP contribution in [0.4, 0.5) is 5.95 Å². The fourth-order valence-corrected chi connectivity index (χ4v) is 5.37. The number of anilines is 1. The number of aromatic nitrogens is 2. The van der Waals surface area contributed by atoms with E-state index in [1.165, 1.54) is 11.8 Å². The molecule has 4 rings (SSSR count).